The second-order valence-corrected chi connectivity index (χ2v) is 25.7. The van der Waals surface area contributed by atoms with Crippen molar-refractivity contribution in [3.05, 3.63) is 201 Å². The standard InChI is InChI=1S/C35H37F2N7O2.C24H23F2N5O3S.C12H18N2/c1-21(2)39-33(45)24-15-14-22(3)25(18-24)30-26-19-38-35(46)44(31-27(36)12-9-13-28(31)37)32(26)42-34(41-30)40-29(20-43-16-7-8-17-43)23-10-5-4-6-11-23;1-12(2)28-22(32)14-9-8-13(3)15(10-14)19-16-11-27-24(33)31(20-17(25)6-5-7-18(20)26)21(16)30-23(29-19)35(4)34;13-12(10-14-8-4-5-9-14)11-6-2-1-3-7-11/h4-6,9-15,18,21,29H,7-8,16-17,19-20H2,1-3H3,(H,38,46)(H,39,45)(H,40,41,42);5-10,12H,11H2,1-4H3,(H,27,33)(H,28,32);1-3,6-7,12H,4-5,8-10,13H2. The maximum Gasteiger partial charge on any atom is 0.328 e. The van der Waals surface area contributed by atoms with E-state index in [9.17, 15) is 32.2 Å². The zero-order valence-electron chi connectivity index (χ0n) is 54.1. The second-order valence-electron chi connectivity index (χ2n) is 24.4. The first-order valence-corrected chi connectivity index (χ1v) is 33.3. The largest absolute Gasteiger partial charge is 0.350 e. The number of para-hydroxylation sites is 2. The van der Waals surface area contributed by atoms with E-state index >= 15 is 8.78 Å². The van der Waals surface area contributed by atoms with Gasteiger partial charge in [0.2, 0.25) is 11.1 Å². The Kier molecular flexibility index (Phi) is 22.1. The van der Waals surface area contributed by atoms with Crippen molar-refractivity contribution in [2.24, 2.45) is 5.73 Å². The molecule has 6 heterocycles. The summed E-state index contributed by atoms with van der Waals surface area (Å²) in [7, 11) is -1.68. The van der Waals surface area contributed by atoms with Crippen LogP contribution in [0.1, 0.15) is 120 Å². The number of fused-ring (bicyclic) bond motifs is 2. The van der Waals surface area contributed by atoms with E-state index in [-0.39, 0.29) is 71.8 Å². The number of aromatic nitrogens is 4. The Bertz CT molecular complexity index is 4100. The second kappa shape index (κ2) is 30.7. The van der Waals surface area contributed by atoms with Gasteiger partial charge in [0.1, 0.15) is 34.6 Å². The molecule has 496 valence electrons. The van der Waals surface area contributed by atoms with Crippen LogP contribution in [0.25, 0.3) is 22.5 Å². The summed E-state index contributed by atoms with van der Waals surface area (Å²) in [6.07, 6.45) is 6.28. The van der Waals surface area contributed by atoms with Gasteiger partial charge in [-0.3, -0.25) is 13.8 Å². The minimum atomic E-state index is -1.68. The number of carbonyl (C=O) groups is 4. The van der Waals surface area contributed by atoms with E-state index in [4.69, 9.17) is 15.7 Å². The highest BCUT2D eigenvalue weighted by atomic mass is 32.2. The number of urea groups is 2. The number of hydrogen-bond acceptors (Lipinski definition) is 13. The predicted octanol–water partition coefficient (Wildman–Crippen LogP) is 12.2. The first-order chi connectivity index (χ1) is 45.6. The fourth-order valence-corrected chi connectivity index (χ4v) is 12.3. The number of aryl methyl sites for hydroxylation is 2. The van der Waals surface area contributed by atoms with Crippen LogP contribution < -0.4 is 42.1 Å². The summed E-state index contributed by atoms with van der Waals surface area (Å²) in [5.74, 6) is -4.09. The van der Waals surface area contributed by atoms with Gasteiger partial charge in [-0.15, -0.1) is 0 Å². The normalized spacial score (nSPS) is 15.5. The maximum atomic E-state index is 15.2. The Morgan fingerprint density at radius 1 is 0.558 bits per heavy atom. The molecule has 19 nitrogen and oxygen atoms in total. The smallest absolute Gasteiger partial charge is 0.328 e. The van der Waals surface area contributed by atoms with Gasteiger partial charge < -0.3 is 42.1 Å². The first kappa shape index (κ1) is 68.4. The summed E-state index contributed by atoms with van der Waals surface area (Å²) >= 11 is 0. The summed E-state index contributed by atoms with van der Waals surface area (Å²) in [5, 5.41) is 14.5. The van der Waals surface area contributed by atoms with E-state index in [2.05, 4.69) is 70.6 Å². The minimum Gasteiger partial charge on any atom is -0.350 e. The molecule has 8 aromatic rings. The van der Waals surface area contributed by atoms with Crippen LogP contribution in [0.4, 0.5) is 56.1 Å². The lowest BCUT2D eigenvalue weighted by Crippen LogP contribution is -2.43. The lowest BCUT2D eigenvalue weighted by atomic mass is 9.97. The monoisotopic (exact) mass is 1310 g/mol. The number of nitrogens with two attached hydrogens (primary N) is 1. The van der Waals surface area contributed by atoms with Gasteiger partial charge in [0, 0.05) is 70.9 Å². The van der Waals surface area contributed by atoms with Gasteiger partial charge in [-0.1, -0.05) is 84.9 Å². The van der Waals surface area contributed by atoms with E-state index in [1.807, 2.05) is 84.0 Å². The third-order valence-electron chi connectivity index (χ3n) is 16.6. The van der Waals surface area contributed by atoms with Gasteiger partial charge in [-0.05, 0) is 164 Å². The number of likely N-dealkylation sites (tertiary alicyclic amines) is 2. The molecule has 3 unspecified atom stereocenters. The average molecular weight is 1320 g/mol. The molecule has 12 rings (SSSR count). The van der Waals surface area contributed by atoms with Crippen LogP contribution in [-0.4, -0.2) is 115 Å². The predicted molar refractivity (Wildman–Crippen MR) is 361 cm³/mol. The molecule has 2 saturated heterocycles. The maximum absolute atomic E-state index is 15.2. The Morgan fingerprint density at radius 2 is 0.979 bits per heavy atom. The Hall–Kier alpha value is -9.49. The van der Waals surface area contributed by atoms with Gasteiger partial charge in [0.25, 0.3) is 11.8 Å². The minimum absolute atomic E-state index is 0.0219. The average Bonchev–Trinajstić information content (AvgIpc) is 0.802. The number of hydrogen-bond donors (Lipinski definition) is 6. The molecule has 0 bridgehead atoms. The van der Waals surface area contributed by atoms with Crippen molar-refractivity contribution in [2.45, 2.75) is 110 Å². The number of amides is 6. The van der Waals surface area contributed by atoms with E-state index in [0.29, 0.717) is 51.3 Å². The molecule has 2 aromatic heterocycles. The lowest BCUT2D eigenvalue weighted by molar-refractivity contribution is 0.0934. The van der Waals surface area contributed by atoms with Crippen LogP contribution in [-0.2, 0) is 23.9 Å². The summed E-state index contributed by atoms with van der Waals surface area (Å²) in [6.45, 7) is 17.3. The Morgan fingerprint density at radius 3 is 1.42 bits per heavy atom. The summed E-state index contributed by atoms with van der Waals surface area (Å²) in [4.78, 5) is 76.8. The third kappa shape index (κ3) is 16.2. The van der Waals surface area contributed by atoms with Crippen LogP contribution in [0.3, 0.4) is 0 Å². The fourth-order valence-electron chi connectivity index (χ4n) is 11.8. The molecule has 4 aliphatic heterocycles. The Labute approximate surface area is 552 Å². The van der Waals surface area contributed by atoms with Gasteiger partial charge in [0.15, 0.2) is 11.6 Å². The van der Waals surface area contributed by atoms with Gasteiger partial charge in [0.05, 0.1) is 41.3 Å². The van der Waals surface area contributed by atoms with Crippen molar-refractivity contribution < 1.29 is 40.9 Å². The molecule has 0 saturated carbocycles. The van der Waals surface area contributed by atoms with Gasteiger partial charge >= 0.3 is 12.1 Å². The zero-order chi connectivity index (χ0) is 67.6. The first-order valence-electron chi connectivity index (χ1n) is 31.7. The SMILES string of the molecule is Cc1ccc(C(=O)NC(C)C)cc1-c1nc(NC(CN2CCCC2)c2ccccc2)nc2c1CNC(=O)N2c1c(F)cccc1F.Cc1ccc(C(=O)NC(C)C)cc1-c1nc(S(C)=O)nc2c1CNC(=O)N2c1c(F)cccc1F.NC(CN1CCCC1)c1ccccc1. The van der Waals surface area contributed by atoms with Crippen molar-refractivity contribution >= 4 is 63.6 Å². The molecule has 95 heavy (non-hydrogen) atoms. The number of benzene rings is 6. The lowest BCUT2D eigenvalue weighted by Gasteiger charge is -2.32. The van der Waals surface area contributed by atoms with Crippen LogP contribution in [0.5, 0.6) is 0 Å². The number of rotatable bonds is 17. The molecule has 0 aliphatic carbocycles. The topological polar surface area (TPSA) is 236 Å². The molecule has 3 atom stereocenters. The van der Waals surface area contributed by atoms with E-state index < -0.39 is 57.5 Å². The molecule has 7 N–H and O–H groups in total. The summed E-state index contributed by atoms with van der Waals surface area (Å²) < 4.78 is 72.2. The summed E-state index contributed by atoms with van der Waals surface area (Å²) in [6, 6.07) is 35.7. The highest BCUT2D eigenvalue weighted by Crippen LogP contribution is 2.42. The molecular formula is C71H78F4N14O5S. The van der Waals surface area contributed by atoms with Crippen LogP contribution in [0.2, 0.25) is 0 Å². The molecule has 24 heteroatoms. The van der Waals surface area contributed by atoms with Crippen LogP contribution >= 0.6 is 0 Å². The van der Waals surface area contributed by atoms with Crippen molar-refractivity contribution in [3.8, 4) is 22.5 Å². The van der Waals surface area contributed by atoms with Gasteiger partial charge in [-0.25, -0.2) is 51.9 Å². The molecule has 4 aliphatic rings. The number of halogens is 4. The molecule has 6 amide bonds. The van der Waals surface area contributed by atoms with Crippen LogP contribution in [0, 0.1) is 37.1 Å². The Balaban J connectivity index is 0.000000176. The van der Waals surface area contributed by atoms with Crippen LogP contribution in [0.15, 0.2) is 139 Å². The van der Waals surface area contributed by atoms with Crippen molar-refractivity contribution in [1.82, 2.24) is 51.0 Å². The number of anilines is 5. The number of carbonyl (C=O) groups excluding carboxylic acids is 4. The van der Waals surface area contributed by atoms with Crippen molar-refractivity contribution in [1.29, 1.82) is 0 Å². The molecule has 0 spiro atoms. The van der Waals surface area contributed by atoms with Gasteiger partial charge in [-0.2, -0.15) is 4.98 Å². The van der Waals surface area contributed by atoms with E-state index in [0.717, 1.165) is 83.2 Å². The third-order valence-corrected chi connectivity index (χ3v) is 17.3. The number of nitrogens with one attached hydrogen (secondary N) is 5. The van der Waals surface area contributed by atoms with Crippen molar-refractivity contribution in [3.63, 3.8) is 0 Å². The van der Waals surface area contributed by atoms with E-state index in [1.54, 1.807) is 30.3 Å². The molecular weight excluding hydrogens is 1240 g/mol. The molecule has 2 fully saturated rings. The molecule has 6 aromatic carbocycles. The highest BCUT2D eigenvalue weighted by molar-refractivity contribution is 7.84. The zero-order valence-corrected chi connectivity index (χ0v) is 54.9. The fraction of sp³-hybridized carbons (Fsp3) is 0.324. The quantitative estimate of drug-likeness (QED) is 0.0368. The molecule has 0 radical (unpaired) electrons. The summed E-state index contributed by atoms with van der Waals surface area (Å²) in [5.41, 5.74) is 12.4. The van der Waals surface area contributed by atoms with E-state index in [1.165, 1.54) is 49.9 Å². The number of nitrogens with zero attached hydrogens (tertiary/aromatic N) is 8. The van der Waals surface area contributed by atoms with Crippen molar-refractivity contribution in [2.75, 3.05) is 60.6 Å². The highest BCUT2D eigenvalue weighted by Gasteiger charge is 2.37.